The molecule has 3 aromatic carbocycles. The highest BCUT2D eigenvalue weighted by molar-refractivity contribution is 6.21. The zero-order valence-electron chi connectivity index (χ0n) is 18.9. The maximum atomic E-state index is 13.5. The Morgan fingerprint density at radius 2 is 1.66 bits per heavy atom. The molecule has 5 heteroatoms. The summed E-state index contributed by atoms with van der Waals surface area (Å²) in [6, 6.07) is 28.7. The number of nitrogens with one attached hydrogen (secondary N) is 3. The molecule has 1 atom stereocenters. The van der Waals surface area contributed by atoms with Crippen LogP contribution >= 0.6 is 0 Å². The SMILES string of the molecule is O=C(NC1c2ccccc2-c2c(-c3ccc4ccccc4n3)cccc21)C1=CCNc2[nH]ccc21. The lowest BCUT2D eigenvalue weighted by molar-refractivity contribution is -0.116. The number of pyridine rings is 1. The Kier molecular flexibility index (Phi) is 4.36. The molecule has 0 saturated carbocycles. The third-order valence-electron chi connectivity index (χ3n) is 6.97. The molecule has 3 heterocycles. The van der Waals surface area contributed by atoms with Crippen LogP contribution in [0, 0.1) is 0 Å². The topological polar surface area (TPSA) is 69.8 Å². The third-order valence-corrected chi connectivity index (χ3v) is 6.97. The molecule has 1 unspecified atom stereocenters. The number of carbonyl (C=O) groups excluding carboxylic acids is 1. The lowest BCUT2D eigenvalue weighted by atomic mass is 9.96. The van der Waals surface area contributed by atoms with Gasteiger partial charge in [-0.1, -0.05) is 72.8 Å². The molecule has 5 nitrogen and oxygen atoms in total. The van der Waals surface area contributed by atoms with Crippen molar-refractivity contribution in [1.29, 1.82) is 0 Å². The second-order valence-corrected chi connectivity index (χ2v) is 8.92. The molecule has 2 aliphatic rings. The molecule has 2 aromatic heterocycles. The van der Waals surface area contributed by atoms with Crippen molar-refractivity contribution in [2.45, 2.75) is 6.04 Å². The highest BCUT2D eigenvalue weighted by Gasteiger charge is 2.33. The molecule has 35 heavy (non-hydrogen) atoms. The smallest absolute Gasteiger partial charge is 0.252 e. The van der Waals surface area contributed by atoms with Crippen molar-refractivity contribution in [2.75, 3.05) is 11.9 Å². The maximum absolute atomic E-state index is 13.5. The predicted octanol–water partition coefficient (Wildman–Crippen LogP) is 5.93. The van der Waals surface area contributed by atoms with Gasteiger partial charge in [-0.2, -0.15) is 0 Å². The number of aromatic nitrogens is 2. The maximum Gasteiger partial charge on any atom is 0.252 e. The van der Waals surface area contributed by atoms with E-state index in [4.69, 9.17) is 4.98 Å². The summed E-state index contributed by atoms with van der Waals surface area (Å²) in [6.07, 6.45) is 3.80. The zero-order chi connectivity index (χ0) is 23.4. The lowest BCUT2D eigenvalue weighted by Gasteiger charge is -2.20. The van der Waals surface area contributed by atoms with Crippen molar-refractivity contribution < 1.29 is 4.79 Å². The summed E-state index contributed by atoms with van der Waals surface area (Å²) in [6.45, 7) is 0.617. The number of aromatic amines is 1. The number of rotatable bonds is 3. The number of hydrogen-bond donors (Lipinski definition) is 3. The van der Waals surface area contributed by atoms with Gasteiger partial charge in [0.05, 0.1) is 17.3 Å². The van der Waals surface area contributed by atoms with Gasteiger partial charge in [0.15, 0.2) is 0 Å². The average Bonchev–Trinajstić information content (AvgIpc) is 3.51. The molecule has 0 saturated heterocycles. The molecule has 0 bridgehead atoms. The van der Waals surface area contributed by atoms with E-state index in [1.807, 2.05) is 42.6 Å². The van der Waals surface area contributed by atoms with E-state index >= 15 is 0 Å². The van der Waals surface area contributed by atoms with E-state index < -0.39 is 0 Å². The molecule has 5 aromatic rings. The van der Waals surface area contributed by atoms with Crippen LogP contribution in [0.2, 0.25) is 0 Å². The summed E-state index contributed by atoms with van der Waals surface area (Å²) in [5.74, 6) is 0.809. The summed E-state index contributed by atoms with van der Waals surface area (Å²) in [5, 5.41) is 7.72. The zero-order valence-corrected chi connectivity index (χ0v) is 18.9. The van der Waals surface area contributed by atoms with Crippen LogP contribution in [-0.4, -0.2) is 22.4 Å². The van der Waals surface area contributed by atoms with Crippen LogP contribution < -0.4 is 10.6 Å². The minimum absolute atomic E-state index is 0.0748. The summed E-state index contributed by atoms with van der Waals surface area (Å²) in [4.78, 5) is 21.6. The Hall–Kier alpha value is -4.64. The van der Waals surface area contributed by atoms with Gasteiger partial charge in [0, 0.05) is 34.8 Å². The summed E-state index contributed by atoms with van der Waals surface area (Å²) < 4.78 is 0. The van der Waals surface area contributed by atoms with Crippen molar-refractivity contribution in [3.05, 3.63) is 114 Å². The van der Waals surface area contributed by atoms with Gasteiger partial charge >= 0.3 is 0 Å². The van der Waals surface area contributed by atoms with Gasteiger partial charge in [0.1, 0.15) is 5.82 Å². The van der Waals surface area contributed by atoms with Crippen LogP contribution in [0.1, 0.15) is 22.7 Å². The van der Waals surface area contributed by atoms with Gasteiger partial charge < -0.3 is 15.6 Å². The molecule has 168 valence electrons. The molecule has 0 spiro atoms. The minimum Gasteiger partial charge on any atom is -0.368 e. The summed E-state index contributed by atoms with van der Waals surface area (Å²) in [7, 11) is 0. The number of H-pyrrole nitrogens is 1. The largest absolute Gasteiger partial charge is 0.368 e. The quantitative estimate of drug-likeness (QED) is 0.317. The number of para-hydroxylation sites is 1. The Morgan fingerprint density at radius 3 is 2.63 bits per heavy atom. The van der Waals surface area contributed by atoms with E-state index in [1.54, 1.807) is 0 Å². The molecule has 0 radical (unpaired) electrons. The van der Waals surface area contributed by atoms with Crippen molar-refractivity contribution in [3.8, 4) is 22.4 Å². The number of hydrogen-bond acceptors (Lipinski definition) is 3. The van der Waals surface area contributed by atoms with Crippen LogP contribution in [-0.2, 0) is 4.79 Å². The number of fused-ring (bicyclic) bond motifs is 5. The monoisotopic (exact) mass is 454 g/mol. The predicted molar refractivity (Wildman–Crippen MR) is 140 cm³/mol. The third kappa shape index (κ3) is 3.09. The first-order valence-corrected chi connectivity index (χ1v) is 11.8. The van der Waals surface area contributed by atoms with Gasteiger partial charge in [-0.05, 0) is 40.5 Å². The molecule has 1 amide bonds. The molecule has 3 N–H and O–H groups in total. The fourth-order valence-corrected chi connectivity index (χ4v) is 5.37. The van der Waals surface area contributed by atoms with Gasteiger partial charge in [0.2, 0.25) is 0 Å². The minimum atomic E-state index is -0.229. The van der Waals surface area contributed by atoms with Crippen LogP contribution in [0.5, 0.6) is 0 Å². The second kappa shape index (κ2) is 7.71. The Balaban J connectivity index is 1.33. The van der Waals surface area contributed by atoms with Gasteiger partial charge in [0.25, 0.3) is 5.91 Å². The van der Waals surface area contributed by atoms with Gasteiger partial charge in [-0.15, -0.1) is 0 Å². The Bertz CT molecular complexity index is 1660. The highest BCUT2D eigenvalue weighted by atomic mass is 16.1. The number of nitrogens with zero attached hydrogens (tertiary/aromatic N) is 1. The number of anilines is 1. The van der Waals surface area contributed by atoms with E-state index in [9.17, 15) is 4.79 Å². The molecular formula is C30H22N4O. The van der Waals surface area contributed by atoms with Crippen LogP contribution in [0.15, 0.2) is 97.2 Å². The van der Waals surface area contributed by atoms with E-state index in [0.29, 0.717) is 12.1 Å². The van der Waals surface area contributed by atoms with Crippen molar-refractivity contribution in [3.63, 3.8) is 0 Å². The van der Waals surface area contributed by atoms with E-state index in [1.165, 1.54) is 0 Å². The number of benzene rings is 3. The van der Waals surface area contributed by atoms with Crippen LogP contribution in [0.3, 0.4) is 0 Å². The van der Waals surface area contributed by atoms with Gasteiger partial charge in [-0.25, -0.2) is 4.98 Å². The molecule has 1 aliphatic carbocycles. The molecular weight excluding hydrogens is 432 g/mol. The normalized spacial score (nSPS) is 15.5. The number of carbonyl (C=O) groups is 1. The first-order valence-electron chi connectivity index (χ1n) is 11.8. The van der Waals surface area contributed by atoms with Crippen molar-refractivity contribution in [1.82, 2.24) is 15.3 Å². The summed E-state index contributed by atoms with van der Waals surface area (Å²) >= 11 is 0. The lowest BCUT2D eigenvalue weighted by Crippen LogP contribution is -2.30. The molecule has 0 fully saturated rings. The average molecular weight is 455 g/mol. The fraction of sp³-hybridized carbons (Fsp3) is 0.0667. The van der Waals surface area contributed by atoms with Crippen molar-refractivity contribution in [2.24, 2.45) is 0 Å². The Morgan fingerprint density at radius 1 is 0.829 bits per heavy atom. The van der Waals surface area contributed by atoms with Crippen LogP contribution in [0.4, 0.5) is 5.82 Å². The van der Waals surface area contributed by atoms with Crippen molar-refractivity contribution >= 4 is 28.2 Å². The second-order valence-electron chi connectivity index (χ2n) is 8.92. The van der Waals surface area contributed by atoms with Gasteiger partial charge in [-0.3, -0.25) is 4.79 Å². The number of amides is 1. The van der Waals surface area contributed by atoms with E-state index in [2.05, 4.69) is 70.2 Å². The Labute approximate surface area is 202 Å². The molecule has 7 rings (SSSR count). The first-order chi connectivity index (χ1) is 17.3. The van der Waals surface area contributed by atoms with Crippen LogP contribution in [0.25, 0.3) is 38.9 Å². The standard InChI is InChI=1S/C30H22N4O/c35-30(22-15-17-32-29-21(22)14-16-31-29)34-28-20-8-3-2-7-19(20)27-23(9-5-10-24(27)28)26-13-12-18-6-1-4-11-25(18)33-26/h1-16,28,31-32H,17H2,(H,34,35). The highest BCUT2D eigenvalue weighted by Crippen LogP contribution is 2.48. The van der Waals surface area contributed by atoms with E-state index in [0.717, 1.165) is 55.8 Å². The first kappa shape index (κ1) is 19.8. The van der Waals surface area contributed by atoms with E-state index in [-0.39, 0.29) is 11.9 Å². The molecule has 1 aliphatic heterocycles. The fourth-order valence-electron chi connectivity index (χ4n) is 5.37. The summed E-state index contributed by atoms with van der Waals surface area (Å²) in [5.41, 5.74) is 9.04.